The molecule has 0 heterocycles. The van der Waals surface area contributed by atoms with Gasteiger partial charge in [-0.3, -0.25) is 9.59 Å². The number of hydrogen-bond donors (Lipinski definition) is 3. The van der Waals surface area contributed by atoms with Gasteiger partial charge in [0.2, 0.25) is 5.91 Å². The number of carbonyl (C=O) groups excluding carboxylic acids is 2. The first-order valence-electron chi connectivity index (χ1n) is 11.3. The number of carboxylic acids is 2. The van der Waals surface area contributed by atoms with Gasteiger partial charge in [0.15, 0.2) is 0 Å². The Morgan fingerprint density at radius 2 is 1.61 bits per heavy atom. The van der Waals surface area contributed by atoms with Crippen LogP contribution in [-0.4, -0.2) is 59.2 Å². The topological polar surface area (TPSA) is 133 Å². The Morgan fingerprint density at radius 1 is 1.03 bits per heavy atom. The number of ether oxygens (including phenoxy) is 1. The maximum Gasteiger partial charge on any atom is 0.414 e. The van der Waals surface area contributed by atoms with E-state index in [1.165, 1.54) is 4.90 Å². The lowest BCUT2D eigenvalue weighted by molar-refractivity contribution is -0.179. The van der Waals surface area contributed by atoms with E-state index >= 15 is 0 Å². The maximum absolute atomic E-state index is 13.4. The van der Waals surface area contributed by atoms with Gasteiger partial charge in [0, 0.05) is 20.5 Å². The van der Waals surface area contributed by atoms with E-state index in [2.05, 4.69) is 5.32 Å². The molecule has 2 unspecified atom stereocenters. The Kier molecular flexibility index (Phi) is 5.84. The fourth-order valence-corrected chi connectivity index (χ4v) is 6.41. The third-order valence-corrected chi connectivity index (χ3v) is 7.53. The number of carboxylic acid groups (broad SMARTS) is 2. The molecule has 0 spiro atoms. The van der Waals surface area contributed by atoms with Gasteiger partial charge in [0.1, 0.15) is 11.8 Å². The molecule has 1 aromatic carbocycles. The number of amides is 2. The molecule has 2 amide bonds. The number of nitrogens with zero attached hydrogens (tertiary/aromatic N) is 1. The molecule has 4 aliphatic carbocycles. The lowest BCUT2D eigenvalue weighted by atomic mass is 9.44. The van der Waals surface area contributed by atoms with Crippen LogP contribution in [0.5, 0.6) is 5.75 Å². The van der Waals surface area contributed by atoms with Crippen molar-refractivity contribution in [1.29, 1.82) is 0 Å². The van der Waals surface area contributed by atoms with Crippen LogP contribution >= 0.6 is 0 Å². The van der Waals surface area contributed by atoms with Crippen molar-refractivity contribution >= 4 is 23.9 Å². The van der Waals surface area contributed by atoms with Crippen molar-refractivity contribution in [3.63, 3.8) is 0 Å². The van der Waals surface area contributed by atoms with Gasteiger partial charge < -0.3 is 25.2 Å². The summed E-state index contributed by atoms with van der Waals surface area (Å²) in [5.74, 6) is -1.59. The van der Waals surface area contributed by atoms with Crippen LogP contribution in [0.3, 0.4) is 0 Å². The summed E-state index contributed by atoms with van der Waals surface area (Å²) in [6.45, 7) is 0. The smallest absolute Gasteiger partial charge is 0.414 e. The summed E-state index contributed by atoms with van der Waals surface area (Å²) >= 11 is 0. The SMILES string of the molecule is CN(C)C(=O)Oc1ccc(C[C@H](NC(=O)C23CC4CC(CC(C(=O)O)(C4)C2)C3)C(=O)O)cc1. The Bertz CT molecular complexity index is 958. The lowest BCUT2D eigenvalue weighted by Crippen LogP contribution is -2.61. The number of aliphatic carboxylic acids is 2. The van der Waals surface area contributed by atoms with Gasteiger partial charge in [-0.15, -0.1) is 0 Å². The third kappa shape index (κ3) is 4.41. The normalized spacial score (nSPS) is 30.4. The van der Waals surface area contributed by atoms with Crippen LogP contribution in [0.1, 0.15) is 44.1 Å². The largest absolute Gasteiger partial charge is 0.481 e. The van der Waals surface area contributed by atoms with E-state index in [9.17, 15) is 29.4 Å². The molecule has 5 rings (SSSR count). The third-order valence-electron chi connectivity index (χ3n) is 7.53. The van der Waals surface area contributed by atoms with Gasteiger partial charge in [-0.1, -0.05) is 12.1 Å². The minimum absolute atomic E-state index is 0.0655. The van der Waals surface area contributed by atoms with Crippen LogP contribution in [0.15, 0.2) is 24.3 Å². The van der Waals surface area contributed by atoms with E-state index < -0.39 is 34.9 Å². The van der Waals surface area contributed by atoms with E-state index in [-0.39, 0.29) is 30.6 Å². The van der Waals surface area contributed by atoms with Crippen molar-refractivity contribution in [2.45, 2.75) is 51.0 Å². The predicted octanol–water partition coefficient (Wildman–Crippen LogP) is 2.53. The van der Waals surface area contributed by atoms with Crippen LogP contribution in [0, 0.1) is 22.7 Å². The minimum atomic E-state index is -1.15. The molecule has 3 N–H and O–H groups in total. The molecule has 1 aromatic rings. The second kappa shape index (κ2) is 8.35. The van der Waals surface area contributed by atoms with Gasteiger partial charge in [-0.2, -0.15) is 0 Å². The molecule has 33 heavy (non-hydrogen) atoms. The first kappa shape index (κ1) is 23.1. The number of benzene rings is 1. The molecular weight excluding hydrogens is 428 g/mol. The van der Waals surface area contributed by atoms with Gasteiger partial charge >= 0.3 is 18.0 Å². The predicted molar refractivity (Wildman–Crippen MR) is 117 cm³/mol. The highest BCUT2D eigenvalue weighted by Crippen LogP contribution is 2.65. The molecule has 0 aliphatic heterocycles. The van der Waals surface area contributed by atoms with Crippen molar-refractivity contribution in [1.82, 2.24) is 10.2 Å². The molecule has 9 nitrogen and oxygen atoms in total. The van der Waals surface area contributed by atoms with Crippen molar-refractivity contribution < 1.29 is 34.1 Å². The highest BCUT2D eigenvalue weighted by Gasteiger charge is 2.63. The highest BCUT2D eigenvalue weighted by atomic mass is 16.6. The molecule has 0 radical (unpaired) electrons. The van der Waals surface area contributed by atoms with E-state index in [0.717, 1.165) is 6.42 Å². The maximum atomic E-state index is 13.4. The summed E-state index contributed by atoms with van der Waals surface area (Å²) in [7, 11) is 3.14. The number of rotatable bonds is 7. The summed E-state index contributed by atoms with van der Waals surface area (Å²) in [6, 6.07) is 5.33. The average molecular weight is 459 g/mol. The van der Waals surface area contributed by atoms with Crippen LogP contribution in [-0.2, 0) is 20.8 Å². The number of carbonyl (C=O) groups is 4. The Balaban J connectivity index is 1.45. The first-order valence-corrected chi connectivity index (χ1v) is 11.3. The summed E-state index contributed by atoms with van der Waals surface area (Å²) in [5.41, 5.74) is -1.000. The zero-order valence-electron chi connectivity index (χ0n) is 18.9. The standard InChI is InChI=1S/C24H30N2O7/c1-26(2)22(32)33-17-5-3-14(4-6-17)8-18(19(27)28)25-20(29)23-9-15-7-16(10-23)12-24(11-15,13-23)21(30)31/h3-6,15-16,18H,7-13H2,1-2H3,(H,25,29)(H,27,28)(H,30,31)/t15?,16?,18-,23?,24?/m0/s1. The summed E-state index contributed by atoms with van der Waals surface area (Å²) < 4.78 is 5.17. The Hall–Kier alpha value is -3.10. The Labute approximate surface area is 192 Å². The van der Waals surface area contributed by atoms with Crippen LogP contribution in [0.25, 0.3) is 0 Å². The molecule has 9 heteroatoms. The van der Waals surface area contributed by atoms with Gasteiger partial charge in [0.05, 0.1) is 10.8 Å². The van der Waals surface area contributed by atoms with Crippen molar-refractivity contribution in [3.05, 3.63) is 29.8 Å². The average Bonchev–Trinajstić information content (AvgIpc) is 2.73. The zero-order chi connectivity index (χ0) is 24.0. The summed E-state index contributed by atoms with van der Waals surface area (Å²) in [5, 5.41) is 22.4. The Morgan fingerprint density at radius 3 is 2.12 bits per heavy atom. The molecule has 0 aromatic heterocycles. The van der Waals surface area contributed by atoms with E-state index in [4.69, 9.17) is 4.74 Å². The molecule has 4 saturated carbocycles. The molecule has 0 saturated heterocycles. The second-order valence-electron chi connectivity index (χ2n) is 10.3. The quantitative estimate of drug-likeness (QED) is 0.572. The van der Waals surface area contributed by atoms with Crippen molar-refractivity contribution in [3.8, 4) is 5.75 Å². The van der Waals surface area contributed by atoms with E-state index in [0.29, 0.717) is 37.0 Å². The highest BCUT2D eigenvalue weighted by molar-refractivity contribution is 5.89. The molecule has 3 atom stereocenters. The molecule has 178 valence electrons. The minimum Gasteiger partial charge on any atom is -0.481 e. The summed E-state index contributed by atoms with van der Waals surface area (Å²) in [4.78, 5) is 50.3. The van der Waals surface area contributed by atoms with Crippen molar-refractivity contribution in [2.24, 2.45) is 22.7 Å². The summed E-state index contributed by atoms with van der Waals surface area (Å²) in [6.07, 6.45) is 3.26. The van der Waals surface area contributed by atoms with Gasteiger partial charge in [-0.25, -0.2) is 9.59 Å². The molecule has 4 bridgehead atoms. The van der Waals surface area contributed by atoms with Crippen LogP contribution in [0.4, 0.5) is 4.79 Å². The first-order chi connectivity index (χ1) is 15.5. The number of nitrogens with one attached hydrogen (secondary N) is 1. The molecular formula is C24H30N2O7. The molecule has 4 aliphatic rings. The van der Waals surface area contributed by atoms with Crippen LogP contribution < -0.4 is 10.1 Å². The monoisotopic (exact) mass is 458 g/mol. The number of hydrogen-bond acceptors (Lipinski definition) is 5. The zero-order valence-corrected chi connectivity index (χ0v) is 18.9. The fraction of sp³-hybridized carbons (Fsp3) is 0.583. The van der Waals surface area contributed by atoms with Crippen molar-refractivity contribution in [2.75, 3.05) is 14.1 Å². The second-order valence-corrected chi connectivity index (χ2v) is 10.3. The van der Waals surface area contributed by atoms with Crippen LogP contribution in [0.2, 0.25) is 0 Å². The van der Waals surface area contributed by atoms with Gasteiger partial charge in [-0.05, 0) is 68.1 Å². The molecule has 4 fully saturated rings. The fourth-order valence-electron chi connectivity index (χ4n) is 6.41. The van der Waals surface area contributed by atoms with E-state index in [1.54, 1.807) is 38.4 Å². The van der Waals surface area contributed by atoms with E-state index in [1.807, 2.05) is 0 Å². The van der Waals surface area contributed by atoms with Gasteiger partial charge in [0.25, 0.3) is 0 Å². The lowest BCUT2D eigenvalue weighted by Gasteiger charge is -2.59.